The number of nitrogens with two attached hydrogens (primary N) is 1. The molecular formula is C25H30N6O3. The van der Waals surface area contributed by atoms with Gasteiger partial charge in [-0.05, 0) is 24.6 Å². The van der Waals surface area contributed by atoms with Crippen LogP contribution in [0.15, 0.2) is 42.6 Å². The summed E-state index contributed by atoms with van der Waals surface area (Å²) in [5.74, 6) is 1.52. The number of carbonyl (C=O) groups is 1. The average Bonchev–Trinajstić information content (AvgIpc) is 3.15. The van der Waals surface area contributed by atoms with Crippen LogP contribution in [0.1, 0.15) is 6.42 Å². The minimum Gasteiger partial charge on any atom is -0.496 e. The number of hydrogen-bond donors (Lipinski definition) is 1. The number of carbonyl (C=O) groups excluding carboxylic acids is 1. The van der Waals surface area contributed by atoms with Crippen molar-refractivity contribution in [2.75, 3.05) is 70.2 Å². The van der Waals surface area contributed by atoms with Gasteiger partial charge in [0.15, 0.2) is 0 Å². The number of rotatable bonds is 3. The van der Waals surface area contributed by atoms with E-state index in [4.69, 9.17) is 20.2 Å². The molecule has 5 rings (SSSR count). The number of nitrogen functional groups attached to an aromatic ring is 1. The number of anilines is 2. The highest BCUT2D eigenvalue weighted by atomic mass is 16.5. The SMILES string of the molecule is COc1cc2nc(N3CCCN(C(=O)N4CCOCC4)CC3)cc(N)c2cc1-c1ccccn1. The second kappa shape index (κ2) is 9.72. The maximum atomic E-state index is 12.9. The normalized spacial score (nSPS) is 17.0. The topological polar surface area (TPSA) is 97.0 Å². The minimum atomic E-state index is 0.0999. The van der Waals surface area contributed by atoms with Gasteiger partial charge >= 0.3 is 6.03 Å². The number of fused-ring (bicyclic) bond motifs is 1. The Kier molecular flexibility index (Phi) is 6.35. The third-order valence-electron chi connectivity index (χ3n) is 6.46. The first-order valence-electron chi connectivity index (χ1n) is 11.7. The number of ether oxygens (including phenoxy) is 2. The number of urea groups is 1. The van der Waals surface area contributed by atoms with Crippen LogP contribution in [0.5, 0.6) is 5.75 Å². The van der Waals surface area contributed by atoms with Crippen molar-refractivity contribution < 1.29 is 14.3 Å². The first kappa shape index (κ1) is 22.2. The monoisotopic (exact) mass is 462 g/mol. The second-order valence-corrected chi connectivity index (χ2v) is 8.56. The lowest BCUT2D eigenvalue weighted by Gasteiger charge is -2.32. The van der Waals surface area contributed by atoms with Gasteiger partial charge in [-0.2, -0.15) is 0 Å². The zero-order chi connectivity index (χ0) is 23.5. The van der Waals surface area contributed by atoms with Crippen LogP contribution in [0.2, 0.25) is 0 Å². The maximum absolute atomic E-state index is 12.9. The summed E-state index contributed by atoms with van der Waals surface area (Å²) in [6.07, 6.45) is 2.63. The number of nitrogens with zero attached hydrogens (tertiary/aromatic N) is 5. The molecule has 0 bridgehead atoms. The Morgan fingerprint density at radius 1 is 1.03 bits per heavy atom. The molecule has 2 aliphatic heterocycles. The van der Waals surface area contributed by atoms with Crippen LogP contribution in [0.25, 0.3) is 22.2 Å². The molecule has 9 nitrogen and oxygen atoms in total. The van der Waals surface area contributed by atoms with Crippen LogP contribution in [0.4, 0.5) is 16.3 Å². The smallest absolute Gasteiger partial charge is 0.320 e. The molecule has 0 radical (unpaired) electrons. The zero-order valence-electron chi connectivity index (χ0n) is 19.4. The lowest BCUT2D eigenvalue weighted by Crippen LogP contribution is -2.49. The largest absolute Gasteiger partial charge is 0.496 e. The number of benzene rings is 1. The van der Waals surface area contributed by atoms with E-state index < -0.39 is 0 Å². The third kappa shape index (κ3) is 4.43. The minimum absolute atomic E-state index is 0.0999. The summed E-state index contributed by atoms with van der Waals surface area (Å²) in [6.45, 7) is 5.43. The lowest BCUT2D eigenvalue weighted by atomic mass is 10.0. The van der Waals surface area contributed by atoms with Gasteiger partial charge in [0, 0.05) is 74.2 Å². The van der Waals surface area contributed by atoms with E-state index in [1.807, 2.05) is 46.2 Å². The molecule has 1 aromatic carbocycles. The zero-order valence-corrected chi connectivity index (χ0v) is 19.4. The fraction of sp³-hybridized carbons (Fsp3) is 0.400. The molecule has 34 heavy (non-hydrogen) atoms. The molecule has 4 heterocycles. The van der Waals surface area contributed by atoms with Crippen LogP contribution in [-0.2, 0) is 4.74 Å². The average molecular weight is 463 g/mol. The number of morpholine rings is 1. The molecule has 2 saturated heterocycles. The molecular weight excluding hydrogens is 432 g/mol. The van der Waals surface area contributed by atoms with Crippen LogP contribution >= 0.6 is 0 Å². The standard InChI is InChI=1S/C25H30N6O3/c1-33-23-17-22-18(15-19(23)21-5-2-3-6-27-21)20(26)16-24(28-22)29-7-4-8-30(10-9-29)25(32)31-11-13-34-14-12-31/h2-3,5-6,15-17H,4,7-14H2,1H3,(H2,26,28). The van der Waals surface area contributed by atoms with Gasteiger partial charge in [-0.25, -0.2) is 9.78 Å². The number of hydrogen-bond acceptors (Lipinski definition) is 7. The number of aromatic nitrogens is 2. The Labute approximate surface area is 199 Å². The van der Waals surface area contributed by atoms with E-state index >= 15 is 0 Å². The molecule has 0 unspecified atom stereocenters. The van der Waals surface area contributed by atoms with Crippen LogP contribution in [0, 0.1) is 0 Å². The highest BCUT2D eigenvalue weighted by Crippen LogP contribution is 2.36. The summed E-state index contributed by atoms with van der Waals surface area (Å²) in [7, 11) is 1.65. The number of pyridine rings is 2. The predicted octanol–water partition coefficient (Wildman–Crippen LogP) is 2.85. The van der Waals surface area contributed by atoms with Gasteiger partial charge in [0.2, 0.25) is 0 Å². The molecule has 0 saturated carbocycles. The van der Waals surface area contributed by atoms with Crippen LogP contribution in [0.3, 0.4) is 0 Å². The van der Waals surface area contributed by atoms with Crippen molar-refractivity contribution in [3.63, 3.8) is 0 Å². The first-order valence-corrected chi connectivity index (χ1v) is 11.7. The van der Waals surface area contributed by atoms with Gasteiger partial charge < -0.3 is 29.9 Å². The van der Waals surface area contributed by atoms with Gasteiger partial charge in [-0.3, -0.25) is 4.98 Å². The Hall–Kier alpha value is -3.59. The summed E-state index contributed by atoms with van der Waals surface area (Å²) in [5.41, 5.74) is 9.64. The highest BCUT2D eigenvalue weighted by molar-refractivity contribution is 5.96. The molecule has 2 aromatic heterocycles. The molecule has 0 atom stereocenters. The van der Waals surface area contributed by atoms with E-state index in [1.165, 1.54) is 0 Å². The van der Waals surface area contributed by atoms with E-state index in [9.17, 15) is 4.79 Å². The van der Waals surface area contributed by atoms with Crippen molar-refractivity contribution >= 4 is 28.4 Å². The Balaban J connectivity index is 1.39. The van der Waals surface area contributed by atoms with Crippen molar-refractivity contribution in [1.29, 1.82) is 0 Å². The highest BCUT2D eigenvalue weighted by Gasteiger charge is 2.25. The van der Waals surface area contributed by atoms with Crippen molar-refractivity contribution in [2.45, 2.75) is 6.42 Å². The van der Waals surface area contributed by atoms with Gasteiger partial charge in [0.05, 0.1) is 31.5 Å². The predicted molar refractivity (Wildman–Crippen MR) is 132 cm³/mol. The molecule has 0 spiro atoms. The summed E-state index contributed by atoms with van der Waals surface area (Å²) in [4.78, 5) is 28.3. The molecule has 178 valence electrons. The van der Waals surface area contributed by atoms with Gasteiger partial charge in [-0.1, -0.05) is 6.07 Å². The number of amides is 2. The van der Waals surface area contributed by atoms with E-state index in [0.717, 1.165) is 47.5 Å². The summed E-state index contributed by atoms with van der Waals surface area (Å²) in [6, 6.07) is 11.7. The summed E-state index contributed by atoms with van der Waals surface area (Å²) < 4.78 is 11.0. The quantitative estimate of drug-likeness (QED) is 0.639. The Bertz CT molecular complexity index is 1170. The van der Waals surface area contributed by atoms with Crippen molar-refractivity contribution in [3.05, 3.63) is 42.6 Å². The van der Waals surface area contributed by atoms with Crippen LogP contribution < -0.4 is 15.4 Å². The van der Waals surface area contributed by atoms with Crippen molar-refractivity contribution in [1.82, 2.24) is 19.8 Å². The molecule has 9 heteroatoms. The fourth-order valence-electron chi connectivity index (χ4n) is 4.61. The molecule has 2 aliphatic rings. The van der Waals surface area contributed by atoms with Gasteiger partial charge in [-0.15, -0.1) is 0 Å². The molecule has 2 amide bonds. The van der Waals surface area contributed by atoms with Crippen molar-refractivity contribution in [2.24, 2.45) is 0 Å². The number of methoxy groups -OCH3 is 1. The van der Waals surface area contributed by atoms with Crippen LogP contribution in [-0.4, -0.2) is 85.4 Å². The third-order valence-corrected chi connectivity index (χ3v) is 6.46. The van der Waals surface area contributed by atoms with E-state index in [2.05, 4.69) is 9.88 Å². The molecule has 0 aliphatic carbocycles. The summed E-state index contributed by atoms with van der Waals surface area (Å²) >= 11 is 0. The van der Waals surface area contributed by atoms with Gasteiger partial charge in [0.1, 0.15) is 11.6 Å². The Morgan fingerprint density at radius 2 is 1.85 bits per heavy atom. The first-order chi connectivity index (χ1) is 16.6. The lowest BCUT2D eigenvalue weighted by molar-refractivity contribution is 0.0438. The summed E-state index contributed by atoms with van der Waals surface area (Å²) in [5, 5.41) is 0.865. The second-order valence-electron chi connectivity index (χ2n) is 8.56. The molecule has 2 fully saturated rings. The van der Waals surface area contributed by atoms with Crippen molar-refractivity contribution in [3.8, 4) is 17.0 Å². The molecule has 3 aromatic rings. The van der Waals surface area contributed by atoms with Gasteiger partial charge in [0.25, 0.3) is 0 Å². The van der Waals surface area contributed by atoms with E-state index in [1.54, 1.807) is 13.3 Å². The molecule has 2 N–H and O–H groups in total. The fourth-order valence-corrected chi connectivity index (χ4v) is 4.61. The van der Waals surface area contributed by atoms with E-state index in [0.29, 0.717) is 50.8 Å². The Morgan fingerprint density at radius 3 is 2.62 bits per heavy atom. The van der Waals surface area contributed by atoms with E-state index in [-0.39, 0.29) is 6.03 Å². The maximum Gasteiger partial charge on any atom is 0.320 e.